The molecule has 0 heterocycles. The van der Waals surface area contributed by atoms with Gasteiger partial charge in [0.1, 0.15) is 0 Å². The number of carbonyl (C=O) groups is 1. The molecule has 0 bridgehead atoms. The zero-order valence-corrected chi connectivity index (χ0v) is 20.0. The molecule has 2 nitrogen and oxygen atoms in total. The van der Waals surface area contributed by atoms with E-state index in [4.69, 9.17) is 4.74 Å². The van der Waals surface area contributed by atoms with Crippen molar-refractivity contribution < 1.29 is 9.53 Å². The lowest BCUT2D eigenvalue weighted by molar-refractivity contribution is -0.140. The number of ketones is 1. The number of Topliss-reactive ketones (excluding diaryl/α,β-unsaturated/α-hetero) is 1. The van der Waals surface area contributed by atoms with E-state index < -0.39 is 5.60 Å². The van der Waals surface area contributed by atoms with Crippen molar-refractivity contribution in [3.8, 4) is 11.1 Å². The molecule has 0 saturated carbocycles. The highest BCUT2D eigenvalue weighted by Gasteiger charge is 2.50. The number of hydrogen-bond donors (Lipinski definition) is 0. The second-order valence-corrected chi connectivity index (χ2v) is 9.55. The molecule has 2 heteroatoms. The third kappa shape index (κ3) is 5.12. The molecule has 1 aliphatic rings. The lowest BCUT2D eigenvalue weighted by atomic mass is 9.82. The minimum Gasteiger partial charge on any atom is -0.358 e. The monoisotopic (exact) mass is 420 g/mol. The summed E-state index contributed by atoms with van der Waals surface area (Å²) in [6.45, 7) is 9.50. The maximum absolute atomic E-state index is 13.9. The molecule has 1 atom stereocenters. The second-order valence-electron chi connectivity index (χ2n) is 9.55. The zero-order valence-electron chi connectivity index (χ0n) is 20.0. The first-order chi connectivity index (χ1) is 15.0. The molecule has 168 valence electrons. The molecule has 1 aliphatic carbocycles. The molecule has 1 unspecified atom stereocenters. The molecule has 0 radical (unpaired) electrons. The van der Waals surface area contributed by atoms with Crippen LogP contribution in [0.2, 0.25) is 0 Å². The molecule has 0 fully saturated rings. The van der Waals surface area contributed by atoms with Gasteiger partial charge in [0.2, 0.25) is 0 Å². The Bertz CT molecular complexity index is 867. The van der Waals surface area contributed by atoms with E-state index in [1.54, 1.807) is 0 Å². The smallest absolute Gasteiger partial charge is 0.177 e. The average Bonchev–Trinajstić information content (AvgIpc) is 3.06. The maximum Gasteiger partial charge on any atom is 0.177 e. The summed E-state index contributed by atoms with van der Waals surface area (Å²) >= 11 is 0. The van der Waals surface area contributed by atoms with Gasteiger partial charge in [0, 0.05) is 24.2 Å². The van der Waals surface area contributed by atoms with Crippen LogP contribution in [-0.2, 0) is 15.1 Å². The van der Waals surface area contributed by atoms with Crippen molar-refractivity contribution in [2.24, 2.45) is 5.92 Å². The van der Waals surface area contributed by atoms with Gasteiger partial charge >= 0.3 is 0 Å². The lowest BCUT2D eigenvalue weighted by Gasteiger charge is -2.32. The predicted octanol–water partition coefficient (Wildman–Crippen LogP) is 7.99. The van der Waals surface area contributed by atoms with E-state index in [9.17, 15) is 4.79 Å². The minimum absolute atomic E-state index is 0.230. The SMILES string of the molecule is CCCCCOC1(C(=O)CCCCCCC(C)C)c2ccccc2-c2cccc(C)c21. The first-order valence-corrected chi connectivity index (χ1v) is 12.4. The highest BCUT2D eigenvalue weighted by atomic mass is 16.5. The lowest BCUT2D eigenvalue weighted by Crippen LogP contribution is -2.39. The molecule has 0 saturated heterocycles. The Kier molecular flexibility index (Phi) is 8.49. The van der Waals surface area contributed by atoms with Gasteiger partial charge in [0.05, 0.1) is 0 Å². The third-order valence-corrected chi connectivity index (χ3v) is 6.62. The predicted molar refractivity (Wildman–Crippen MR) is 130 cm³/mol. The van der Waals surface area contributed by atoms with Crippen LogP contribution in [0, 0.1) is 12.8 Å². The van der Waals surface area contributed by atoms with Crippen LogP contribution < -0.4 is 0 Å². The van der Waals surface area contributed by atoms with Crippen molar-refractivity contribution in [3.63, 3.8) is 0 Å². The fourth-order valence-corrected chi connectivity index (χ4v) is 4.98. The van der Waals surface area contributed by atoms with Crippen LogP contribution in [0.15, 0.2) is 42.5 Å². The summed E-state index contributed by atoms with van der Waals surface area (Å²) in [5.74, 6) is 0.990. The van der Waals surface area contributed by atoms with Gasteiger partial charge in [-0.2, -0.15) is 0 Å². The van der Waals surface area contributed by atoms with Gasteiger partial charge in [-0.15, -0.1) is 0 Å². The molecule has 0 amide bonds. The summed E-state index contributed by atoms with van der Waals surface area (Å²) in [6.07, 6.45) is 9.65. The van der Waals surface area contributed by atoms with Gasteiger partial charge in [-0.05, 0) is 42.4 Å². The molecule has 0 aromatic heterocycles. The van der Waals surface area contributed by atoms with E-state index in [-0.39, 0.29) is 5.78 Å². The topological polar surface area (TPSA) is 26.3 Å². The van der Waals surface area contributed by atoms with Crippen molar-refractivity contribution in [2.45, 2.75) is 91.1 Å². The Morgan fingerprint density at radius 2 is 1.65 bits per heavy atom. The van der Waals surface area contributed by atoms with Crippen molar-refractivity contribution in [3.05, 3.63) is 59.2 Å². The quantitative estimate of drug-likeness (QED) is 0.307. The van der Waals surface area contributed by atoms with Crippen molar-refractivity contribution >= 4 is 5.78 Å². The van der Waals surface area contributed by atoms with Crippen LogP contribution in [-0.4, -0.2) is 12.4 Å². The molecule has 2 aromatic carbocycles. The van der Waals surface area contributed by atoms with E-state index in [0.717, 1.165) is 65.8 Å². The summed E-state index contributed by atoms with van der Waals surface area (Å²) < 4.78 is 6.65. The molecular weight excluding hydrogens is 380 g/mol. The minimum atomic E-state index is -0.942. The standard InChI is InChI=1S/C29H40O2/c1-5-6-13-21-31-29(27(30)20-10-8-7-9-15-22(2)3)26-19-12-11-17-24(26)25-18-14-16-23(4)28(25)29/h11-12,14,16-19,22H,5-10,13,15,20-21H2,1-4H3. The second kappa shape index (κ2) is 11.1. The fourth-order valence-electron chi connectivity index (χ4n) is 4.98. The van der Waals surface area contributed by atoms with E-state index in [2.05, 4.69) is 64.1 Å². The van der Waals surface area contributed by atoms with Crippen LogP contribution in [0.25, 0.3) is 11.1 Å². The van der Waals surface area contributed by atoms with Gasteiger partial charge in [0.15, 0.2) is 11.4 Å². The molecular formula is C29H40O2. The Balaban J connectivity index is 1.87. The summed E-state index contributed by atoms with van der Waals surface area (Å²) in [7, 11) is 0. The van der Waals surface area contributed by atoms with Crippen LogP contribution in [0.3, 0.4) is 0 Å². The number of hydrogen-bond acceptors (Lipinski definition) is 2. The summed E-state index contributed by atoms with van der Waals surface area (Å²) in [5.41, 5.74) is 4.65. The van der Waals surface area contributed by atoms with Crippen molar-refractivity contribution in [2.75, 3.05) is 6.61 Å². The highest BCUT2D eigenvalue weighted by Crippen LogP contribution is 2.52. The molecule has 31 heavy (non-hydrogen) atoms. The Labute approximate surface area is 189 Å². The van der Waals surface area contributed by atoms with Crippen LogP contribution >= 0.6 is 0 Å². The summed E-state index contributed by atoms with van der Waals surface area (Å²) in [6, 6.07) is 14.7. The van der Waals surface area contributed by atoms with E-state index in [0.29, 0.717) is 13.0 Å². The Morgan fingerprint density at radius 1 is 0.903 bits per heavy atom. The van der Waals surface area contributed by atoms with Crippen LogP contribution in [0.4, 0.5) is 0 Å². The first kappa shape index (κ1) is 23.7. The maximum atomic E-state index is 13.9. The Morgan fingerprint density at radius 3 is 2.42 bits per heavy atom. The normalized spacial score (nSPS) is 17.1. The number of rotatable bonds is 13. The zero-order chi connectivity index (χ0) is 22.3. The van der Waals surface area contributed by atoms with Gasteiger partial charge in [0.25, 0.3) is 0 Å². The highest BCUT2D eigenvalue weighted by molar-refractivity contribution is 6.00. The fraction of sp³-hybridized carbons (Fsp3) is 0.552. The summed E-state index contributed by atoms with van der Waals surface area (Å²) in [5, 5.41) is 0. The Hall–Kier alpha value is -1.93. The number of ether oxygens (including phenoxy) is 1. The van der Waals surface area contributed by atoms with Gasteiger partial charge in [-0.3, -0.25) is 4.79 Å². The van der Waals surface area contributed by atoms with E-state index in [1.807, 2.05) is 6.07 Å². The largest absolute Gasteiger partial charge is 0.358 e. The van der Waals surface area contributed by atoms with Gasteiger partial charge in [-0.1, -0.05) is 102 Å². The molecule has 0 spiro atoms. The number of unbranched alkanes of at least 4 members (excludes halogenated alkanes) is 5. The number of aryl methyl sites for hydroxylation is 1. The molecule has 2 aromatic rings. The van der Waals surface area contributed by atoms with E-state index in [1.165, 1.54) is 19.3 Å². The van der Waals surface area contributed by atoms with E-state index >= 15 is 0 Å². The average molecular weight is 421 g/mol. The summed E-state index contributed by atoms with van der Waals surface area (Å²) in [4.78, 5) is 13.9. The number of benzene rings is 2. The first-order valence-electron chi connectivity index (χ1n) is 12.4. The van der Waals surface area contributed by atoms with Crippen LogP contribution in [0.1, 0.15) is 95.2 Å². The molecule has 0 aliphatic heterocycles. The van der Waals surface area contributed by atoms with Crippen molar-refractivity contribution in [1.82, 2.24) is 0 Å². The molecule has 3 rings (SSSR count). The number of fused-ring (bicyclic) bond motifs is 3. The number of carbonyl (C=O) groups excluding carboxylic acids is 1. The van der Waals surface area contributed by atoms with Crippen LogP contribution in [0.5, 0.6) is 0 Å². The van der Waals surface area contributed by atoms with Gasteiger partial charge < -0.3 is 4.74 Å². The third-order valence-electron chi connectivity index (χ3n) is 6.62. The van der Waals surface area contributed by atoms with Crippen molar-refractivity contribution in [1.29, 1.82) is 0 Å². The molecule has 0 N–H and O–H groups in total. The van der Waals surface area contributed by atoms with Gasteiger partial charge in [-0.25, -0.2) is 0 Å².